The Labute approximate surface area is 124 Å². The Hall–Kier alpha value is -1.20. The molecule has 1 aromatic carbocycles. The Morgan fingerprint density at radius 3 is 2.38 bits per heavy atom. The van der Waals surface area contributed by atoms with E-state index in [0.29, 0.717) is 37.3 Å². The molecule has 0 radical (unpaired) electrons. The molecule has 3 nitrogen and oxygen atoms in total. The fraction of sp³-hybridized carbons (Fsp3) is 0.625. The molecule has 0 amide bonds. The fourth-order valence-corrected chi connectivity index (χ4v) is 2.94. The van der Waals surface area contributed by atoms with Gasteiger partial charge in [0.1, 0.15) is 17.3 Å². The van der Waals surface area contributed by atoms with Crippen molar-refractivity contribution in [1.82, 2.24) is 10.2 Å². The summed E-state index contributed by atoms with van der Waals surface area (Å²) in [7, 11) is 4.01. The quantitative estimate of drug-likeness (QED) is 0.899. The van der Waals surface area contributed by atoms with Crippen LogP contribution in [-0.4, -0.2) is 44.2 Å². The van der Waals surface area contributed by atoms with E-state index in [1.165, 1.54) is 25.0 Å². The average Bonchev–Trinajstić information content (AvgIpc) is 3.12. The number of rotatable bonds is 5. The van der Waals surface area contributed by atoms with Crippen molar-refractivity contribution in [2.24, 2.45) is 0 Å². The largest absolute Gasteiger partial charge is 0.365 e. The topological polar surface area (TPSA) is 18.5 Å². The molecule has 0 bridgehead atoms. The summed E-state index contributed by atoms with van der Waals surface area (Å²) in [4.78, 5) is 3.94. The Morgan fingerprint density at radius 2 is 1.86 bits per heavy atom. The molecule has 1 N–H and O–H groups in total. The summed E-state index contributed by atoms with van der Waals surface area (Å²) in [6, 6.07) is 3.84. The summed E-state index contributed by atoms with van der Waals surface area (Å²) in [5, 5.41) is 3.28. The highest BCUT2D eigenvalue weighted by molar-refractivity contribution is 5.51. The van der Waals surface area contributed by atoms with E-state index in [2.05, 4.69) is 10.2 Å². The van der Waals surface area contributed by atoms with Gasteiger partial charge in [0.25, 0.3) is 0 Å². The van der Waals surface area contributed by atoms with Gasteiger partial charge < -0.3 is 15.1 Å². The third-order valence-corrected chi connectivity index (χ3v) is 4.46. The number of benzene rings is 1. The van der Waals surface area contributed by atoms with E-state index in [4.69, 9.17) is 0 Å². The number of nitrogens with one attached hydrogen (secondary N) is 1. The second-order valence-corrected chi connectivity index (χ2v) is 6.42. The van der Waals surface area contributed by atoms with E-state index < -0.39 is 11.6 Å². The molecule has 1 atom stereocenters. The monoisotopic (exact) mass is 295 g/mol. The van der Waals surface area contributed by atoms with Crippen LogP contribution in [0.3, 0.4) is 0 Å². The van der Waals surface area contributed by atoms with Gasteiger partial charge in [-0.1, -0.05) is 0 Å². The molecule has 1 saturated heterocycles. The Kier molecular flexibility index (Phi) is 4.13. The third-order valence-electron chi connectivity index (χ3n) is 4.46. The van der Waals surface area contributed by atoms with Gasteiger partial charge in [0.05, 0.1) is 0 Å². The number of anilines is 1. The smallest absolute Gasteiger partial charge is 0.149 e. The molecule has 21 heavy (non-hydrogen) atoms. The van der Waals surface area contributed by atoms with Crippen LogP contribution in [0.1, 0.15) is 24.8 Å². The zero-order chi connectivity index (χ0) is 15.0. The van der Waals surface area contributed by atoms with Gasteiger partial charge in [-0.2, -0.15) is 0 Å². The summed E-state index contributed by atoms with van der Waals surface area (Å²) in [5.74, 6) is -0.885. The highest BCUT2D eigenvalue weighted by Crippen LogP contribution is 2.29. The highest BCUT2D eigenvalue weighted by atomic mass is 19.1. The van der Waals surface area contributed by atoms with E-state index >= 15 is 0 Å². The summed E-state index contributed by atoms with van der Waals surface area (Å²) in [6.07, 6.45) is 3.28. The van der Waals surface area contributed by atoms with Gasteiger partial charge in [-0.15, -0.1) is 0 Å². The third kappa shape index (κ3) is 3.35. The summed E-state index contributed by atoms with van der Waals surface area (Å²) in [5.41, 5.74) is 0.818. The second-order valence-electron chi connectivity index (χ2n) is 6.42. The Bertz CT molecular complexity index is 491. The summed E-state index contributed by atoms with van der Waals surface area (Å²) >= 11 is 0. The first-order chi connectivity index (χ1) is 10.0. The van der Waals surface area contributed by atoms with Crippen LogP contribution in [0.25, 0.3) is 0 Å². The number of nitrogens with zero attached hydrogens (tertiary/aromatic N) is 2. The molecular formula is C16H23F2N3. The van der Waals surface area contributed by atoms with Crippen LogP contribution >= 0.6 is 0 Å². The SMILES string of the molecule is CN(C)C1CCN(c2c(F)cc(CNC3CC3)cc2F)C1. The molecule has 1 unspecified atom stereocenters. The molecular weight excluding hydrogens is 272 g/mol. The lowest BCUT2D eigenvalue weighted by Crippen LogP contribution is -2.32. The van der Waals surface area contributed by atoms with Crippen molar-refractivity contribution < 1.29 is 8.78 Å². The van der Waals surface area contributed by atoms with Crippen LogP contribution in [0, 0.1) is 11.6 Å². The molecule has 1 heterocycles. The number of hydrogen-bond donors (Lipinski definition) is 1. The van der Waals surface area contributed by atoms with Crippen LogP contribution in [0.5, 0.6) is 0 Å². The molecule has 1 saturated carbocycles. The van der Waals surface area contributed by atoms with Crippen LogP contribution in [-0.2, 0) is 6.54 Å². The van der Waals surface area contributed by atoms with Gasteiger partial charge in [0.2, 0.25) is 0 Å². The predicted octanol–water partition coefficient (Wildman–Crippen LogP) is 2.36. The fourth-order valence-electron chi connectivity index (χ4n) is 2.94. The lowest BCUT2D eigenvalue weighted by Gasteiger charge is -2.23. The van der Waals surface area contributed by atoms with Crippen LogP contribution in [0.4, 0.5) is 14.5 Å². The molecule has 1 aliphatic heterocycles. The average molecular weight is 295 g/mol. The lowest BCUT2D eigenvalue weighted by atomic mass is 10.1. The predicted molar refractivity (Wildman–Crippen MR) is 80.5 cm³/mol. The molecule has 0 aromatic heterocycles. The summed E-state index contributed by atoms with van der Waals surface area (Å²) in [6.45, 7) is 1.93. The molecule has 116 valence electrons. The van der Waals surface area contributed by atoms with Gasteiger partial charge in [0, 0.05) is 31.7 Å². The molecule has 0 spiro atoms. The van der Waals surface area contributed by atoms with E-state index in [-0.39, 0.29) is 5.69 Å². The maximum atomic E-state index is 14.3. The minimum absolute atomic E-state index is 0.134. The van der Waals surface area contributed by atoms with Crippen LogP contribution < -0.4 is 10.2 Å². The van der Waals surface area contributed by atoms with Crippen LogP contribution in [0.2, 0.25) is 0 Å². The van der Waals surface area contributed by atoms with E-state index in [1.54, 1.807) is 0 Å². The molecule has 1 aromatic rings. The zero-order valence-corrected chi connectivity index (χ0v) is 12.7. The number of hydrogen-bond acceptors (Lipinski definition) is 3. The van der Waals surface area contributed by atoms with Crippen molar-refractivity contribution in [3.05, 3.63) is 29.3 Å². The van der Waals surface area contributed by atoms with E-state index in [1.807, 2.05) is 19.0 Å². The van der Waals surface area contributed by atoms with Crippen molar-refractivity contribution in [1.29, 1.82) is 0 Å². The van der Waals surface area contributed by atoms with Crippen molar-refractivity contribution in [2.75, 3.05) is 32.1 Å². The van der Waals surface area contributed by atoms with Gasteiger partial charge in [0.15, 0.2) is 0 Å². The first-order valence-corrected chi connectivity index (χ1v) is 7.67. The minimum atomic E-state index is -0.443. The van der Waals surface area contributed by atoms with Crippen molar-refractivity contribution in [3.63, 3.8) is 0 Å². The number of likely N-dealkylation sites (N-methyl/N-ethyl adjacent to an activating group) is 1. The first kappa shape index (κ1) is 14.7. The Balaban J connectivity index is 1.73. The van der Waals surface area contributed by atoms with Gasteiger partial charge in [-0.05, 0) is 51.1 Å². The normalized spacial score (nSPS) is 22.3. The molecule has 5 heteroatoms. The van der Waals surface area contributed by atoms with Crippen molar-refractivity contribution >= 4 is 5.69 Å². The summed E-state index contributed by atoms with van der Waals surface area (Å²) < 4.78 is 28.6. The minimum Gasteiger partial charge on any atom is -0.365 e. The van der Waals surface area contributed by atoms with Gasteiger partial charge >= 0.3 is 0 Å². The molecule has 2 aliphatic rings. The van der Waals surface area contributed by atoms with Gasteiger partial charge in [-0.3, -0.25) is 0 Å². The molecule has 2 fully saturated rings. The highest BCUT2D eigenvalue weighted by Gasteiger charge is 2.28. The number of halogens is 2. The van der Waals surface area contributed by atoms with E-state index in [0.717, 1.165) is 6.42 Å². The zero-order valence-electron chi connectivity index (χ0n) is 12.7. The van der Waals surface area contributed by atoms with Crippen molar-refractivity contribution in [2.45, 2.75) is 37.9 Å². The maximum Gasteiger partial charge on any atom is 0.149 e. The van der Waals surface area contributed by atoms with E-state index in [9.17, 15) is 8.78 Å². The lowest BCUT2D eigenvalue weighted by molar-refractivity contribution is 0.315. The Morgan fingerprint density at radius 1 is 1.19 bits per heavy atom. The van der Waals surface area contributed by atoms with Gasteiger partial charge in [-0.25, -0.2) is 8.78 Å². The first-order valence-electron chi connectivity index (χ1n) is 7.67. The van der Waals surface area contributed by atoms with Crippen molar-refractivity contribution in [3.8, 4) is 0 Å². The van der Waals surface area contributed by atoms with Crippen LogP contribution in [0.15, 0.2) is 12.1 Å². The standard InChI is InChI=1S/C16H23F2N3/c1-20(2)13-5-6-21(10-13)16-14(17)7-11(8-15(16)18)9-19-12-3-4-12/h7-8,12-13,19H,3-6,9-10H2,1-2H3. The molecule has 3 rings (SSSR count). The maximum absolute atomic E-state index is 14.3. The molecule has 1 aliphatic carbocycles. The second kappa shape index (κ2) is 5.89.